The van der Waals surface area contributed by atoms with Crippen LogP contribution < -0.4 is 11.1 Å². The number of nitrogens with zero attached hydrogens (tertiary/aromatic N) is 5. The molecule has 2 atom stereocenters. The van der Waals surface area contributed by atoms with E-state index < -0.39 is 0 Å². The topological polar surface area (TPSA) is 119 Å². The Labute approximate surface area is 220 Å². The Kier molecular flexibility index (Phi) is 5.38. The summed E-state index contributed by atoms with van der Waals surface area (Å²) < 4.78 is 2.05. The molecule has 3 aliphatic rings. The van der Waals surface area contributed by atoms with Gasteiger partial charge in [0.25, 0.3) is 0 Å². The first-order chi connectivity index (χ1) is 18.5. The molecule has 9 heteroatoms. The molecule has 3 N–H and O–H groups in total. The summed E-state index contributed by atoms with van der Waals surface area (Å²) in [4.78, 5) is 40.8. The summed E-state index contributed by atoms with van der Waals surface area (Å²) in [5.74, 6) is 1.93. The van der Waals surface area contributed by atoms with Crippen molar-refractivity contribution in [1.82, 2.24) is 24.4 Å². The molecule has 38 heavy (non-hydrogen) atoms. The van der Waals surface area contributed by atoms with E-state index in [1.165, 1.54) is 0 Å². The molecule has 1 unspecified atom stereocenters. The van der Waals surface area contributed by atoms with Crippen molar-refractivity contribution in [2.45, 2.75) is 38.1 Å². The second kappa shape index (κ2) is 8.93. The molecule has 1 saturated heterocycles. The summed E-state index contributed by atoms with van der Waals surface area (Å²) >= 11 is 0. The number of primary amides is 1. The molecule has 1 aliphatic heterocycles. The lowest BCUT2D eigenvalue weighted by atomic mass is 10.1. The quantitative estimate of drug-likeness (QED) is 0.414. The Morgan fingerprint density at radius 1 is 0.947 bits per heavy atom. The maximum atomic E-state index is 12.5. The van der Waals surface area contributed by atoms with E-state index in [1.807, 2.05) is 27.7 Å². The van der Waals surface area contributed by atoms with Crippen molar-refractivity contribution < 1.29 is 9.59 Å². The third-order valence-corrected chi connectivity index (χ3v) is 7.97. The number of benzene rings is 2. The van der Waals surface area contributed by atoms with Crippen LogP contribution >= 0.6 is 0 Å². The van der Waals surface area contributed by atoms with Crippen LogP contribution in [-0.4, -0.2) is 55.4 Å². The average molecular weight is 508 g/mol. The zero-order valence-corrected chi connectivity index (χ0v) is 21.0. The van der Waals surface area contributed by atoms with Crippen molar-refractivity contribution in [2.24, 2.45) is 17.6 Å². The minimum absolute atomic E-state index is 0.112. The Bertz CT molecular complexity index is 1570. The van der Waals surface area contributed by atoms with Gasteiger partial charge in [0.2, 0.25) is 17.8 Å². The minimum atomic E-state index is -0.307. The summed E-state index contributed by atoms with van der Waals surface area (Å²) in [6.07, 6.45) is 5.70. The van der Waals surface area contributed by atoms with Gasteiger partial charge >= 0.3 is 0 Å². The van der Waals surface area contributed by atoms with Gasteiger partial charge in [-0.3, -0.25) is 14.2 Å². The van der Waals surface area contributed by atoms with Crippen LogP contribution in [0.25, 0.3) is 28.0 Å². The molecular formula is C29H29N7O2. The van der Waals surface area contributed by atoms with Crippen LogP contribution in [0.1, 0.15) is 30.7 Å². The molecule has 1 saturated carbocycles. The summed E-state index contributed by atoms with van der Waals surface area (Å²) in [5, 5.41) is 5.73. The molecule has 0 radical (unpaired) electrons. The number of fused-ring (bicyclic) bond motifs is 2. The molecular weight excluding hydrogens is 478 g/mol. The van der Waals surface area contributed by atoms with Crippen LogP contribution in [0.3, 0.4) is 0 Å². The molecule has 2 aliphatic carbocycles. The highest BCUT2D eigenvalue weighted by molar-refractivity contribution is 5.87. The van der Waals surface area contributed by atoms with Gasteiger partial charge in [0.05, 0.1) is 5.69 Å². The third kappa shape index (κ3) is 4.08. The van der Waals surface area contributed by atoms with Crippen LogP contribution in [-0.2, 0) is 22.4 Å². The summed E-state index contributed by atoms with van der Waals surface area (Å²) in [5.41, 5.74) is 8.49. The van der Waals surface area contributed by atoms with E-state index in [0.717, 1.165) is 59.4 Å². The second-order valence-electron chi connectivity index (χ2n) is 10.7. The van der Waals surface area contributed by atoms with Gasteiger partial charge in [-0.25, -0.2) is 9.97 Å². The van der Waals surface area contributed by atoms with Crippen molar-refractivity contribution in [1.29, 1.82) is 0 Å². The molecule has 192 valence electrons. The van der Waals surface area contributed by atoms with E-state index in [-0.39, 0.29) is 29.7 Å². The monoisotopic (exact) mass is 507 g/mol. The number of amides is 2. The highest BCUT2D eigenvalue weighted by Gasteiger charge is 2.37. The number of carbonyl (C=O) groups is 2. The molecule has 2 amide bonds. The molecule has 2 aromatic carbocycles. The normalized spacial score (nSPS) is 20.6. The highest BCUT2D eigenvalue weighted by atomic mass is 16.2. The smallest absolute Gasteiger partial charge is 0.225 e. The van der Waals surface area contributed by atoms with E-state index in [2.05, 4.69) is 40.6 Å². The molecule has 0 spiro atoms. The predicted octanol–water partition coefficient (Wildman–Crippen LogP) is 3.11. The van der Waals surface area contributed by atoms with E-state index in [4.69, 9.17) is 15.7 Å². The average Bonchev–Trinajstić information content (AvgIpc) is 3.36. The molecule has 3 heterocycles. The molecule has 9 nitrogen and oxygen atoms in total. The summed E-state index contributed by atoms with van der Waals surface area (Å²) in [6, 6.07) is 16.5. The SMILES string of the molecule is NC(=O)C1Cc2nc(-c3ccc4ccccc4c3)n(-c3ccnc(N[C@@H]4CCN(C(=O)C5CC5)C4)n3)c2C1. The van der Waals surface area contributed by atoms with E-state index >= 15 is 0 Å². The molecule has 4 aromatic rings. The molecule has 2 fully saturated rings. The fourth-order valence-corrected chi connectivity index (χ4v) is 5.77. The molecule has 2 aromatic heterocycles. The van der Waals surface area contributed by atoms with Crippen LogP contribution in [0.2, 0.25) is 0 Å². The first kappa shape index (κ1) is 22.9. The predicted molar refractivity (Wildman–Crippen MR) is 144 cm³/mol. The van der Waals surface area contributed by atoms with Gasteiger partial charge in [0.15, 0.2) is 0 Å². The number of imidazole rings is 1. The van der Waals surface area contributed by atoms with E-state index in [1.54, 1.807) is 6.20 Å². The van der Waals surface area contributed by atoms with Crippen molar-refractivity contribution in [3.8, 4) is 17.2 Å². The van der Waals surface area contributed by atoms with Gasteiger partial charge in [-0.1, -0.05) is 36.4 Å². The van der Waals surface area contributed by atoms with Crippen LogP contribution in [0, 0.1) is 11.8 Å². The zero-order valence-electron chi connectivity index (χ0n) is 21.0. The van der Waals surface area contributed by atoms with Crippen molar-refractivity contribution >= 4 is 28.5 Å². The van der Waals surface area contributed by atoms with Crippen molar-refractivity contribution in [2.75, 3.05) is 18.4 Å². The van der Waals surface area contributed by atoms with Gasteiger partial charge in [0, 0.05) is 61.3 Å². The lowest BCUT2D eigenvalue weighted by molar-refractivity contribution is -0.131. The van der Waals surface area contributed by atoms with E-state index in [0.29, 0.717) is 31.2 Å². The van der Waals surface area contributed by atoms with Gasteiger partial charge in [-0.05, 0) is 42.2 Å². The number of hydrogen-bond acceptors (Lipinski definition) is 6. The second-order valence-corrected chi connectivity index (χ2v) is 10.7. The number of aromatic nitrogens is 4. The highest BCUT2D eigenvalue weighted by Crippen LogP contribution is 2.35. The lowest BCUT2D eigenvalue weighted by Crippen LogP contribution is -2.32. The number of nitrogens with two attached hydrogens (primary N) is 1. The zero-order chi connectivity index (χ0) is 25.8. The fourth-order valence-electron chi connectivity index (χ4n) is 5.77. The van der Waals surface area contributed by atoms with Gasteiger partial charge in [0.1, 0.15) is 11.6 Å². The molecule has 7 rings (SSSR count). The standard InChI is InChI=1S/C29H29N7O2/c30-26(37)21-14-23-24(15-21)36(27(33-23)20-8-5-17-3-1-2-4-19(17)13-20)25-9-11-31-29(34-25)32-22-10-12-35(16-22)28(38)18-6-7-18/h1-5,8-9,11,13,18,21-22H,6-7,10,12,14-16H2,(H2,30,37)(H,31,32,34)/t21?,22-/m1/s1. The third-order valence-electron chi connectivity index (χ3n) is 7.97. The summed E-state index contributed by atoms with van der Waals surface area (Å²) in [7, 11) is 0. The number of anilines is 1. The Hall–Kier alpha value is -4.27. The Morgan fingerprint density at radius 3 is 2.61 bits per heavy atom. The van der Waals surface area contributed by atoms with Gasteiger partial charge in [-0.15, -0.1) is 0 Å². The lowest BCUT2D eigenvalue weighted by Gasteiger charge is -2.17. The minimum Gasteiger partial charge on any atom is -0.369 e. The number of nitrogens with one attached hydrogen (secondary N) is 1. The number of rotatable bonds is 6. The Balaban J connectivity index is 1.23. The first-order valence-corrected chi connectivity index (χ1v) is 13.3. The largest absolute Gasteiger partial charge is 0.369 e. The number of likely N-dealkylation sites (tertiary alicyclic amines) is 1. The van der Waals surface area contributed by atoms with Gasteiger partial charge < -0.3 is 16.0 Å². The molecule has 0 bridgehead atoms. The van der Waals surface area contributed by atoms with Gasteiger partial charge in [-0.2, -0.15) is 4.98 Å². The van der Waals surface area contributed by atoms with Crippen LogP contribution in [0.4, 0.5) is 5.95 Å². The number of carbonyl (C=O) groups excluding carboxylic acids is 2. The maximum absolute atomic E-state index is 12.5. The van der Waals surface area contributed by atoms with Crippen molar-refractivity contribution in [3.63, 3.8) is 0 Å². The maximum Gasteiger partial charge on any atom is 0.225 e. The summed E-state index contributed by atoms with van der Waals surface area (Å²) in [6.45, 7) is 1.44. The van der Waals surface area contributed by atoms with Crippen LogP contribution in [0.5, 0.6) is 0 Å². The van der Waals surface area contributed by atoms with E-state index in [9.17, 15) is 9.59 Å². The number of hydrogen-bond donors (Lipinski definition) is 2. The van der Waals surface area contributed by atoms with Crippen LogP contribution in [0.15, 0.2) is 54.7 Å². The Morgan fingerprint density at radius 2 is 1.79 bits per heavy atom. The van der Waals surface area contributed by atoms with Crippen molar-refractivity contribution in [3.05, 3.63) is 66.1 Å². The first-order valence-electron chi connectivity index (χ1n) is 13.3. The fraction of sp³-hybridized carbons (Fsp3) is 0.345.